The third-order valence-electron chi connectivity index (χ3n) is 7.45. The van der Waals surface area contributed by atoms with Crippen LogP contribution >= 0.6 is 23.2 Å². The molecule has 0 aliphatic rings. The highest BCUT2D eigenvalue weighted by molar-refractivity contribution is 6.31. The van der Waals surface area contributed by atoms with Gasteiger partial charge in [-0.25, -0.2) is 29.3 Å². The lowest BCUT2D eigenvalue weighted by molar-refractivity contribution is 0.181. The van der Waals surface area contributed by atoms with Gasteiger partial charge in [-0.3, -0.25) is 9.97 Å². The summed E-state index contributed by atoms with van der Waals surface area (Å²) in [7, 11) is 3.49. The Hall–Kier alpha value is -4.88. The first-order valence-corrected chi connectivity index (χ1v) is 16.0. The number of methoxy groups -OCH3 is 1. The quantitative estimate of drug-likeness (QED) is 0.144. The Kier molecular flexibility index (Phi) is 9.69. The van der Waals surface area contributed by atoms with Crippen molar-refractivity contribution in [3.8, 4) is 11.6 Å². The molecular weight excluding hydrogens is 649 g/mol. The zero-order valence-corrected chi connectivity index (χ0v) is 29.0. The highest BCUT2D eigenvalue weighted by atomic mass is 35.5. The third-order valence-corrected chi connectivity index (χ3v) is 7.95. The van der Waals surface area contributed by atoms with E-state index in [1.807, 2.05) is 110 Å². The Morgan fingerprint density at radius 2 is 1.29 bits per heavy atom. The molecular formula is C34H35Cl2N11O. The molecule has 48 heavy (non-hydrogen) atoms. The fourth-order valence-corrected chi connectivity index (χ4v) is 5.67. The molecule has 0 bridgehead atoms. The Labute approximate surface area is 288 Å². The van der Waals surface area contributed by atoms with Gasteiger partial charge < -0.3 is 10.1 Å². The third kappa shape index (κ3) is 6.74. The van der Waals surface area contributed by atoms with Crippen molar-refractivity contribution < 1.29 is 4.74 Å². The fraction of sp³-hybridized carbons (Fsp3) is 0.235. The van der Waals surface area contributed by atoms with E-state index in [-0.39, 0.29) is 6.61 Å². The van der Waals surface area contributed by atoms with E-state index in [1.165, 1.54) is 0 Å². The first-order valence-electron chi connectivity index (χ1n) is 15.2. The molecule has 0 saturated heterocycles. The van der Waals surface area contributed by atoms with Gasteiger partial charge in [-0.05, 0) is 95.4 Å². The van der Waals surface area contributed by atoms with E-state index < -0.39 is 0 Å². The molecule has 0 unspecified atom stereocenters. The van der Waals surface area contributed by atoms with Gasteiger partial charge in [-0.1, -0.05) is 23.2 Å². The number of nitrogens with zero attached hydrogens (tertiary/aromatic N) is 10. The largest absolute Gasteiger partial charge is 0.378 e. The summed E-state index contributed by atoms with van der Waals surface area (Å²) >= 11 is 12.8. The summed E-state index contributed by atoms with van der Waals surface area (Å²) in [6, 6.07) is 18.9. The van der Waals surface area contributed by atoms with E-state index in [4.69, 9.17) is 53.0 Å². The van der Waals surface area contributed by atoms with Crippen LogP contribution in [-0.2, 0) is 17.9 Å². The Morgan fingerprint density at radius 1 is 0.729 bits per heavy atom. The van der Waals surface area contributed by atoms with Gasteiger partial charge in [0.1, 0.15) is 5.69 Å². The predicted molar refractivity (Wildman–Crippen MR) is 188 cm³/mol. The maximum atomic E-state index is 6.41. The van der Waals surface area contributed by atoms with E-state index >= 15 is 0 Å². The second-order valence-corrected chi connectivity index (χ2v) is 12.1. The minimum atomic E-state index is 0.183. The molecule has 0 fully saturated rings. The molecule has 14 heteroatoms. The number of aryl methyl sites for hydroxylation is 4. The van der Waals surface area contributed by atoms with Crippen molar-refractivity contribution in [1.29, 1.82) is 0 Å². The van der Waals surface area contributed by atoms with Gasteiger partial charge in [0.05, 0.1) is 47.5 Å². The molecule has 0 saturated carbocycles. The molecule has 0 aliphatic carbocycles. The van der Waals surface area contributed by atoms with Gasteiger partial charge in [0.2, 0.25) is 0 Å². The zero-order valence-electron chi connectivity index (χ0n) is 27.5. The molecule has 4 aromatic heterocycles. The lowest BCUT2D eigenvalue weighted by Gasteiger charge is -2.37. The van der Waals surface area contributed by atoms with Crippen LogP contribution in [0, 0.1) is 27.7 Å². The summed E-state index contributed by atoms with van der Waals surface area (Å²) in [5.74, 6) is 2.08. The smallest absolute Gasteiger partial charge is 0.179 e. The van der Waals surface area contributed by atoms with E-state index in [2.05, 4.69) is 10.4 Å². The number of hydrazine groups is 1. The molecule has 0 atom stereocenters. The standard InChI is InChI=1S/C34H35Cl2N11O/c1-21-15-23(3)44(42-21)31-18-39-30(20-48-6)34(40-31)47(28-13-9-26(36)10-14-28)46(27-11-7-25(35)8-12-27)32-19-38-29(17-37-5)33(41-32)45-24(4)16-22(2)43-45/h7-16,18-19,37H,17,20H2,1-6H3. The Bertz CT molecular complexity index is 2040. The highest BCUT2D eigenvalue weighted by Crippen LogP contribution is 2.38. The summed E-state index contributed by atoms with van der Waals surface area (Å²) in [4.78, 5) is 20.1. The number of hydrogen-bond acceptors (Lipinski definition) is 10. The molecule has 0 amide bonds. The number of ether oxygens (including phenoxy) is 1. The average Bonchev–Trinajstić information content (AvgIpc) is 3.60. The monoisotopic (exact) mass is 683 g/mol. The Balaban J connectivity index is 1.66. The number of hydrogen-bond donors (Lipinski definition) is 1. The van der Waals surface area contributed by atoms with Crippen LogP contribution in [0.15, 0.2) is 73.1 Å². The number of benzene rings is 2. The molecule has 1 N–H and O–H groups in total. The van der Waals surface area contributed by atoms with E-state index in [0.717, 1.165) is 39.8 Å². The molecule has 246 valence electrons. The molecule has 0 aliphatic heterocycles. The van der Waals surface area contributed by atoms with Crippen LogP contribution in [-0.4, -0.2) is 53.7 Å². The van der Waals surface area contributed by atoms with Crippen LogP contribution in [0.25, 0.3) is 11.6 Å². The normalized spacial score (nSPS) is 11.2. The van der Waals surface area contributed by atoms with Gasteiger partial charge in [0.25, 0.3) is 0 Å². The SMILES string of the molecule is CNCc1ncc(N(c2ccc(Cl)cc2)N(c2ccc(Cl)cc2)c2nc(-n3nc(C)cc3C)cnc2COC)nc1-n1nc(C)cc1C. The molecule has 2 aromatic carbocycles. The van der Waals surface area contributed by atoms with Crippen molar-refractivity contribution >= 4 is 46.2 Å². The summed E-state index contributed by atoms with van der Waals surface area (Å²) in [5, 5.41) is 17.6. The number of anilines is 4. The molecule has 4 heterocycles. The summed E-state index contributed by atoms with van der Waals surface area (Å²) in [5.41, 5.74) is 6.33. The van der Waals surface area contributed by atoms with Crippen molar-refractivity contribution in [2.45, 2.75) is 40.8 Å². The minimum absolute atomic E-state index is 0.183. The molecule has 6 aromatic rings. The minimum Gasteiger partial charge on any atom is -0.378 e. The second kappa shape index (κ2) is 14.1. The zero-order chi connectivity index (χ0) is 33.9. The van der Waals surface area contributed by atoms with E-state index in [1.54, 1.807) is 24.2 Å². The summed E-state index contributed by atoms with van der Waals surface area (Å²) < 4.78 is 9.21. The van der Waals surface area contributed by atoms with Crippen molar-refractivity contribution in [3.63, 3.8) is 0 Å². The number of rotatable bonds is 11. The summed E-state index contributed by atoms with van der Waals surface area (Å²) in [6.45, 7) is 8.53. The highest BCUT2D eigenvalue weighted by Gasteiger charge is 2.29. The van der Waals surface area contributed by atoms with Crippen LogP contribution in [0.5, 0.6) is 0 Å². The second-order valence-electron chi connectivity index (χ2n) is 11.2. The van der Waals surface area contributed by atoms with Crippen LogP contribution in [0.3, 0.4) is 0 Å². The van der Waals surface area contributed by atoms with Crippen LogP contribution < -0.4 is 15.3 Å². The number of nitrogens with one attached hydrogen (secondary N) is 1. The van der Waals surface area contributed by atoms with Crippen molar-refractivity contribution in [2.24, 2.45) is 0 Å². The van der Waals surface area contributed by atoms with Gasteiger partial charge in [-0.2, -0.15) is 10.2 Å². The van der Waals surface area contributed by atoms with E-state index in [9.17, 15) is 0 Å². The molecule has 6 rings (SSSR count). The van der Waals surface area contributed by atoms with Gasteiger partial charge in [0, 0.05) is 35.1 Å². The maximum absolute atomic E-state index is 6.41. The first kappa shape index (κ1) is 33.0. The first-order chi connectivity index (χ1) is 23.2. The van der Waals surface area contributed by atoms with E-state index in [0.29, 0.717) is 45.6 Å². The van der Waals surface area contributed by atoms with Crippen molar-refractivity contribution in [3.05, 3.63) is 117 Å². The maximum Gasteiger partial charge on any atom is 0.179 e. The lowest BCUT2D eigenvalue weighted by Crippen LogP contribution is -2.38. The van der Waals surface area contributed by atoms with Crippen molar-refractivity contribution in [2.75, 3.05) is 24.2 Å². The number of aromatic nitrogens is 8. The van der Waals surface area contributed by atoms with Crippen molar-refractivity contribution in [1.82, 2.24) is 44.8 Å². The van der Waals surface area contributed by atoms with Gasteiger partial charge in [-0.15, -0.1) is 0 Å². The van der Waals surface area contributed by atoms with Crippen LogP contribution in [0.1, 0.15) is 34.2 Å². The molecule has 0 radical (unpaired) electrons. The van der Waals surface area contributed by atoms with Crippen LogP contribution in [0.4, 0.5) is 23.0 Å². The fourth-order valence-electron chi connectivity index (χ4n) is 5.42. The number of halogens is 2. The Morgan fingerprint density at radius 3 is 1.83 bits per heavy atom. The summed E-state index contributed by atoms with van der Waals surface area (Å²) in [6.07, 6.45) is 3.42. The van der Waals surface area contributed by atoms with Gasteiger partial charge >= 0.3 is 0 Å². The predicted octanol–water partition coefficient (Wildman–Crippen LogP) is 6.94. The van der Waals surface area contributed by atoms with Gasteiger partial charge in [0.15, 0.2) is 23.3 Å². The van der Waals surface area contributed by atoms with Crippen LogP contribution in [0.2, 0.25) is 10.0 Å². The molecule has 0 spiro atoms. The average molecular weight is 685 g/mol. The molecule has 12 nitrogen and oxygen atoms in total. The lowest BCUT2D eigenvalue weighted by atomic mass is 10.2. The topological polar surface area (TPSA) is 115 Å².